The highest BCUT2D eigenvalue weighted by atomic mass is 33.7. The van der Waals surface area contributed by atoms with Gasteiger partial charge in [-0.2, -0.15) is 0 Å². The van der Waals surface area contributed by atoms with Gasteiger partial charge in [-0.25, -0.2) is 9.59 Å². The van der Waals surface area contributed by atoms with E-state index >= 15 is 0 Å². The second-order valence-corrected chi connectivity index (χ2v) is 9.84. The lowest BCUT2D eigenvalue weighted by atomic mass is 10.2. The van der Waals surface area contributed by atoms with E-state index in [1.165, 1.54) is 48.3 Å². The molecule has 1 N–H and O–H groups in total. The molecule has 8 heteroatoms. The van der Waals surface area contributed by atoms with Gasteiger partial charge in [0.15, 0.2) is 0 Å². The second kappa shape index (κ2) is 9.17. The van der Waals surface area contributed by atoms with Crippen LogP contribution >= 0.6 is 41.2 Å². The lowest BCUT2D eigenvalue weighted by Gasteiger charge is -2.06. The van der Waals surface area contributed by atoms with Crippen LogP contribution in [-0.4, -0.2) is 24.2 Å². The van der Waals surface area contributed by atoms with Gasteiger partial charge in [-0.1, -0.05) is 24.3 Å². The molecule has 0 aliphatic carbocycles. The van der Waals surface area contributed by atoms with Crippen molar-refractivity contribution in [3.63, 3.8) is 0 Å². The maximum atomic E-state index is 11.7. The summed E-state index contributed by atoms with van der Waals surface area (Å²) in [7, 11) is 7.06. The van der Waals surface area contributed by atoms with Crippen molar-refractivity contribution in [2.45, 2.75) is 9.79 Å². The summed E-state index contributed by atoms with van der Waals surface area (Å²) in [5.74, 6) is -1.31. The maximum Gasteiger partial charge on any atom is 0.339 e. The number of rotatable bonds is 7. The summed E-state index contributed by atoms with van der Waals surface area (Å²) in [5.41, 5.74) is 0.801. The zero-order valence-corrected chi connectivity index (χ0v) is 15.2. The molecule has 0 spiro atoms. The minimum absolute atomic E-state index is 0.283. The lowest BCUT2D eigenvalue weighted by Crippen LogP contribution is -2.02. The zero-order valence-electron chi connectivity index (χ0n) is 11.9. The van der Waals surface area contributed by atoms with E-state index in [-0.39, 0.29) is 11.5 Å². The smallest absolute Gasteiger partial charge is 0.339 e. The van der Waals surface area contributed by atoms with Crippen molar-refractivity contribution in [2.24, 2.45) is 0 Å². The number of esters is 1. The molecule has 2 aromatic carbocycles. The Morgan fingerprint density at radius 1 is 0.870 bits per heavy atom. The lowest BCUT2D eigenvalue weighted by molar-refractivity contribution is 0.0596. The first-order valence-electron chi connectivity index (χ1n) is 6.31. The van der Waals surface area contributed by atoms with Crippen molar-refractivity contribution >= 4 is 53.2 Å². The number of hydrogen-bond acceptors (Lipinski definition) is 7. The molecule has 0 saturated carbocycles. The molecule has 2 aromatic rings. The fourth-order valence-corrected chi connectivity index (χ4v) is 7.39. The number of methoxy groups -OCH3 is 1. The SMILES string of the molecule is COC(=O)c1ccccc1SSSSc1ccccc1C(=O)O. The number of aromatic carboxylic acids is 1. The third kappa shape index (κ3) is 5.13. The Hall–Kier alpha value is -1.22. The predicted molar refractivity (Wildman–Crippen MR) is 98.1 cm³/mol. The summed E-state index contributed by atoms with van der Waals surface area (Å²) in [6.07, 6.45) is 0. The minimum atomic E-state index is -0.942. The standard InChI is InChI=1S/C15H12O4S4/c1-19-15(18)11-7-3-5-9-13(11)21-23-22-20-12-8-4-2-6-10(12)14(16)17/h2-9H,1H3,(H,16,17). The third-order valence-electron chi connectivity index (χ3n) is 2.69. The highest BCUT2D eigenvalue weighted by molar-refractivity contribution is 9.26. The monoisotopic (exact) mass is 384 g/mol. The molecule has 2 rings (SSSR count). The van der Waals surface area contributed by atoms with Crippen LogP contribution in [0.25, 0.3) is 0 Å². The van der Waals surface area contributed by atoms with Gasteiger partial charge in [0.25, 0.3) is 0 Å². The molecule has 0 aliphatic heterocycles. The molecular formula is C15H12O4S4. The van der Waals surface area contributed by atoms with Crippen LogP contribution in [0, 0.1) is 0 Å². The van der Waals surface area contributed by atoms with Crippen molar-refractivity contribution in [1.29, 1.82) is 0 Å². The highest BCUT2D eigenvalue weighted by Crippen LogP contribution is 2.50. The number of hydrogen-bond donors (Lipinski definition) is 1. The van der Waals surface area contributed by atoms with Gasteiger partial charge in [-0.3, -0.25) is 0 Å². The largest absolute Gasteiger partial charge is 0.478 e. The van der Waals surface area contributed by atoms with E-state index in [9.17, 15) is 9.59 Å². The Kier molecular flexibility index (Phi) is 7.22. The van der Waals surface area contributed by atoms with Gasteiger partial charge in [0.2, 0.25) is 0 Å². The van der Waals surface area contributed by atoms with Gasteiger partial charge >= 0.3 is 11.9 Å². The van der Waals surface area contributed by atoms with Crippen molar-refractivity contribution in [3.05, 3.63) is 59.7 Å². The molecule has 23 heavy (non-hydrogen) atoms. The summed E-state index contributed by atoms with van der Waals surface area (Å²) >= 11 is 0. The number of carbonyl (C=O) groups excluding carboxylic acids is 1. The summed E-state index contributed by atoms with van der Waals surface area (Å²) in [4.78, 5) is 24.3. The van der Waals surface area contributed by atoms with Crippen LogP contribution < -0.4 is 0 Å². The highest BCUT2D eigenvalue weighted by Gasteiger charge is 2.13. The molecule has 0 radical (unpaired) electrons. The van der Waals surface area contributed by atoms with Gasteiger partial charge in [-0.15, -0.1) is 0 Å². The topological polar surface area (TPSA) is 63.6 Å². The normalized spacial score (nSPS) is 10.3. The number of benzene rings is 2. The Bertz CT molecular complexity index is 705. The van der Waals surface area contributed by atoms with Crippen molar-refractivity contribution < 1.29 is 19.4 Å². The van der Waals surface area contributed by atoms with E-state index in [1.54, 1.807) is 36.4 Å². The fourth-order valence-electron chi connectivity index (χ4n) is 1.63. The quantitative estimate of drug-likeness (QED) is 0.394. The van der Waals surface area contributed by atoms with Crippen molar-refractivity contribution in [2.75, 3.05) is 7.11 Å². The first-order chi connectivity index (χ1) is 11.1. The van der Waals surface area contributed by atoms with E-state index in [0.717, 1.165) is 4.90 Å². The summed E-state index contributed by atoms with van der Waals surface area (Å²) in [6.45, 7) is 0. The van der Waals surface area contributed by atoms with Gasteiger partial charge in [0, 0.05) is 9.79 Å². The van der Waals surface area contributed by atoms with Crippen LogP contribution in [0.2, 0.25) is 0 Å². The first kappa shape index (κ1) is 18.1. The van der Waals surface area contributed by atoms with Crippen LogP contribution in [0.1, 0.15) is 20.7 Å². The van der Waals surface area contributed by atoms with Gasteiger partial charge in [-0.05, 0) is 65.5 Å². The molecule has 0 saturated heterocycles. The molecule has 0 aliphatic rings. The molecule has 4 nitrogen and oxygen atoms in total. The molecule has 0 heterocycles. The average Bonchev–Trinajstić information content (AvgIpc) is 2.58. The van der Waals surface area contributed by atoms with E-state index < -0.39 is 5.97 Å². The molecule has 0 unspecified atom stereocenters. The van der Waals surface area contributed by atoms with Crippen LogP contribution in [-0.2, 0) is 4.74 Å². The fraction of sp³-hybridized carbons (Fsp3) is 0.0667. The number of carboxylic acid groups (broad SMARTS) is 1. The molecule has 120 valence electrons. The minimum Gasteiger partial charge on any atom is -0.478 e. The van der Waals surface area contributed by atoms with Crippen LogP contribution in [0.5, 0.6) is 0 Å². The molecule has 0 bridgehead atoms. The Morgan fingerprint density at radius 2 is 1.35 bits per heavy atom. The van der Waals surface area contributed by atoms with Crippen molar-refractivity contribution in [3.8, 4) is 0 Å². The van der Waals surface area contributed by atoms with Crippen molar-refractivity contribution in [1.82, 2.24) is 0 Å². The third-order valence-corrected chi connectivity index (χ3v) is 8.82. The Labute approximate surface area is 149 Å². The van der Waals surface area contributed by atoms with E-state index in [1.807, 2.05) is 12.1 Å². The van der Waals surface area contributed by atoms with Crippen LogP contribution in [0.15, 0.2) is 58.3 Å². The Morgan fingerprint density at radius 3 is 1.87 bits per heavy atom. The van der Waals surface area contributed by atoms with E-state index in [2.05, 4.69) is 0 Å². The van der Waals surface area contributed by atoms with Crippen LogP contribution in [0.3, 0.4) is 0 Å². The van der Waals surface area contributed by atoms with Crippen LogP contribution in [0.4, 0.5) is 0 Å². The Balaban J connectivity index is 1.94. The number of carbonyl (C=O) groups is 2. The first-order valence-corrected chi connectivity index (χ1v) is 11.1. The van der Waals surface area contributed by atoms with E-state index in [4.69, 9.17) is 9.84 Å². The van der Waals surface area contributed by atoms with Gasteiger partial charge in [0.05, 0.1) is 18.2 Å². The molecule has 0 aromatic heterocycles. The second-order valence-electron chi connectivity index (χ2n) is 4.09. The number of carboxylic acids is 1. The molecule has 0 amide bonds. The molecular weight excluding hydrogens is 372 g/mol. The molecule has 0 fully saturated rings. The zero-order chi connectivity index (χ0) is 16.7. The summed E-state index contributed by atoms with van der Waals surface area (Å²) < 4.78 is 4.76. The summed E-state index contributed by atoms with van der Waals surface area (Å²) in [6, 6.07) is 14.1. The molecule has 0 atom stereocenters. The van der Waals surface area contributed by atoms with Gasteiger partial charge < -0.3 is 9.84 Å². The van der Waals surface area contributed by atoms with Gasteiger partial charge in [0.1, 0.15) is 0 Å². The number of ether oxygens (including phenoxy) is 1. The maximum absolute atomic E-state index is 11.7. The average molecular weight is 385 g/mol. The summed E-state index contributed by atoms with van der Waals surface area (Å²) in [5, 5.41) is 9.14. The predicted octanol–water partition coefficient (Wildman–Crippen LogP) is 5.27. The van der Waals surface area contributed by atoms with E-state index in [0.29, 0.717) is 10.5 Å².